The Morgan fingerprint density at radius 2 is 1.84 bits per heavy atom. The van der Waals surface area contributed by atoms with Crippen LogP contribution in [0.5, 0.6) is 23.0 Å². The largest absolute Gasteiger partial charge is 0.508 e. The summed E-state index contributed by atoms with van der Waals surface area (Å²) in [5.74, 6) is 0.561. The third-order valence-electron chi connectivity index (χ3n) is 3.03. The molecule has 0 atom stereocenters. The van der Waals surface area contributed by atoms with Crippen LogP contribution >= 0.6 is 0 Å². The van der Waals surface area contributed by atoms with Crippen molar-refractivity contribution in [2.75, 3.05) is 0 Å². The average molecular weight is 257 g/mol. The van der Waals surface area contributed by atoms with Gasteiger partial charge in [0.25, 0.3) is 0 Å². The maximum absolute atomic E-state index is 9.91. The first-order valence-electron chi connectivity index (χ1n) is 5.72. The van der Waals surface area contributed by atoms with E-state index in [0.29, 0.717) is 12.2 Å². The molecule has 3 N–H and O–H groups in total. The number of oxime groups is 1. The molecular weight excluding hydrogens is 246 g/mol. The summed E-state index contributed by atoms with van der Waals surface area (Å²) in [5, 5.41) is 31.8. The molecule has 0 saturated carbocycles. The van der Waals surface area contributed by atoms with Crippen LogP contribution in [0.3, 0.4) is 0 Å². The summed E-state index contributed by atoms with van der Waals surface area (Å²) in [6.07, 6.45) is 0.331. The SMILES string of the molecule is O/N=C1\Cc2ccccc2Oc2cc(O)cc(O)c21. The molecule has 1 aliphatic heterocycles. The van der Waals surface area contributed by atoms with E-state index in [0.717, 1.165) is 5.56 Å². The van der Waals surface area contributed by atoms with Gasteiger partial charge in [0, 0.05) is 24.1 Å². The van der Waals surface area contributed by atoms with Crippen LogP contribution in [0.4, 0.5) is 0 Å². The van der Waals surface area contributed by atoms with Crippen LogP contribution in [-0.4, -0.2) is 21.1 Å². The zero-order valence-corrected chi connectivity index (χ0v) is 9.87. The van der Waals surface area contributed by atoms with E-state index < -0.39 is 0 Å². The van der Waals surface area contributed by atoms with Gasteiger partial charge in [0.1, 0.15) is 23.0 Å². The second-order valence-electron chi connectivity index (χ2n) is 4.27. The predicted molar refractivity (Wildman–Crippen MR) is 68.3 cm³/mol. The molecule has 0 aliphatic carbocycles. The standard InChI is InChI=1S/C14H11NO4/c16-9-6-11(17)14-10(15-18)5-8-3-1-2-4-12(8)19-13(14)7-9/h1-4,6-7,16-18H,5H2/b15-10+. The molecule has 2 aromatic carbocycles. The summed E-state index contributed by atoms with van der Waals surface area (Å²) >= 11 is 0. The van der Waals surface area contributed by atoms with Gasteiger partial charge in [0.15, 0.2) is 0 Å². The van der Waals surface area contributed by atoms with Gasteiger partial charge >= 0.3 is 0 Å². The van der Waals surface area contributed by atoms with Crippen molar-refractivity contribution in [3.63, 3.8) is 0 Å². The Labute approximate surface area is 109 Å². The molecule has 0 spiro atoms. The predicted octanol–water partition coefficient (Wildman–Crippen LogP) is 2.62. The summed E-state index contributed by atoms with van der Waals surface area (Å²) in [5.41, 5.74) is 1.42. The van der Waals surface area contributed by atoms with E-state index in [1.807, 2.05) is 18.2 Å². The van der Waals surface area contributed by atoms with Crippen molar-refractivity contribution < 1.29 is 20.2 Å². The van der Waals surface area contributed by atoms with Crippen LogP contribution in [0.25, 0.3) is 0 Å². The number of ether oxygens (including phenoxy) is 1. The second kappa shape index (κ2) is 4.20. The minimum Gasteiger partial charge on any atom is -0.508 e. The first kappa shape index (κ1) is 11.4. The average Bonchev–Trinajstić information content (AvgIpc) is 2.54. The van der Waals surface area contributed by atoms with E-state index in [9.17, 15) is 10.2 Å². The highest BCUT2D eigenvalue weighted by Gasteiger charge is 2.24. The number of aromatic hydroxyl groups is 2. The minimum atomic E-state index is -0.185. The Morgan fingerprint density at radius 1 is 1.05 bits per heavy atom. The van der Waals surface area contributed by atoms with Crippen molar-refractivity contribution in [1.82, 2.24) is 0 Å². The zero-order chi connectivity index (χ0) is 13.4. The molecule has 0 bridgehead atoms. The molecule has 1 heterocycles. The molecule has 0 radical (unpaired) electrons. The second-order valence-corrected chi connectivity index (χ2v) is 4.27. The zero-order valence-electron chi connectivity index (χ0n) is 9.87. The summed E-state index contributed by atoms with van der Waals surface area (Å²) in [6, 6.07) is 9.86. The number of rotatable bonds is 0. The lowest BCUT2D eigenvalue weighted by molar-refractivity contribution is 0.318. The lowest BCUT2D eigenvalue weighted by Gasteiger charge is -2.10. The van der Waals surface area contributed by atoms with Crippen molar-refractivity contribution >= 4 is 5.71 Å². The third-order valence-corrected chi connectivity index (χ3v) is 3.03. The van der Waals surface area contributed by atoms with E-state index in [4.69, 9.17) is 9.94 Å². The van der Waals surface area contributed by atoms with E-state index in [2.05, 4.69) is 5.16 Å². The maximum atomic E-state index is 9.91. The van der Waals surface area contributed by atoms with Gasteiger partial charge in [0.05, 0.1) is 11.3 Å². The third kappa shape index (κ3) is 1.85. The van der Waals surface area contributed by atoms with Gasteiger partial charge in [-0.2, -0.15) is 0 Å². The Hall–Kier alpha value is -2.69. The monoisotopic (exact) mass is 257 g/mol. The summed E-state index contributed by atoms with van der Waals surface area (Å²) in [4.78, 5) is 0. The van der Waals surface area contributed by atoms with E-state index in [-0.39, 0.29) is 28.5 Å². The number of hydrogen-bond acceptors (Lipinski definition) is 5. The van der Waals surface area contributed by atoms with Crippen molar-refractivity contribution in [1.29, 1.82) is 0 Å². The summed E-state index contributed by atoms with van der Waals surface area (Å²) < 4.78 is 5.68. The van der Waals surface area contributed by atoms with Crippen LogP contribution in [-0.2, 0) is 6.42 Å². The van der Waals surface area contributed by atoms with Crippen LogP contribution in [0.1, 0.15) is 11.1 Å². The molecule has 0 unspecified atom stereocenters. The van der Waals surface area contributed by atoms with Gasteiger partial charge in [-0.25, -0.2) is 0 Å². The van der Waals surface area contributed by atoms with E-state index in [1.54, 1.807) is 6.07 Å². The molecule has 96 valence electrons. The summed E-state index contributed by atoms with van der Waals surface area (Å²) in [7, 11) is 0. The molecule has 0 aromatic heterocycles. The summed E-state index contributed by atoms with van der Waals surface area (Å²) in [6.45, 7) is 0. The van der Waals surface area contributed by atoms with E-state index >= 15 is 0 Å². The highest BCUT2D eigenvalue weighted by atomic mass is 16.5. The van der Waals surface area contributed by atoms with Gasteiger partial charge in [-0.3, -0.25) is 0 Å². The molecule has 3 rings (SSSR count). The number of phenolic OH excluding ortho intramolecular Hbond substituents is 2. The fraction of sp³-hybridized carbons (Fsp3) is 0.0714. The van der Waals surface area contributed by atoms with Gasteiger partial charge in [-0.05, 0) is 6.07 Å². The quantitative estimate of drug-likeness (QED) is 0.500. The molecule has 0 amide bonds. The number of benzene rings is 2. The number of phenols is 2. The Balaban J connectivity index is 2.26. The van der Waals surface area contributed by atoms with Crippen LogP contribution < -0.4 is 4.74 Å². The molecule has 5 heteroatoms. The molecule has 19 heavy (non-hydrogen) atoms. The molecule has 2 aromatic rings. The van der Waals surface area contributed by atoms with Gasteiger partial charge in [-0.1, -0.05) is 23.4 Å². The number of para-hydroxylation sites is 1. The van der Waals surface area contributed by atoms with Gasteiger partial charge in [0.2, 0.25) is 0 Å². The fourth-order valence-corrected chi connectivity index (χ4v) is 2.18. The molecule has 5 nitrogen and oxygen atoms in total. The number of fused-ring (bicyclic) bond motifs is 2. The van der Waals surface area contributed by atoms with Crippen LogP contribution in [0, 0.1) is 0 Å². The maximum Gasteiger partial charge on any atom is 0.144 e. The Kier molecular flexibility index (Phi) is 2.52. The Morgan fingerprint density at radius 3 is 2.63 bits per heavy atom. The molecular formula is C14H11NO4. The Bertz CT molecular complexity index is 679. The van der Waals surface area contributed by atoms with E-state index in [1.165, 1.54) is 12.1 Å². The van der Waals surface area contributed by atoms with Gasteiger partial charge in [-0.15, -0.1) is 0 Å². The van der Waals surface area contributed by atoms with Crippen LogP contribution in [0.15, 0.2) is 41.6 Å². The number of nitrogens with zero attached hydrogens (tertiary/aromatic N) is 1. The molecule has 0 saturated heterocycles. The van der Waals surface area contributed by atoms with Gasteiger partial charge < -0.3 is 20.2 Å². The van der Waals surface area contributed by atoms with Crippen molar-refractivity contribution in [2.45, 2.75) is 6.42 Å². The lowest BCUT2D eigenvalue weighted by atomic mass is 10.0. The smallest absolute Gasteiger partial charge is 0.144 e. The van der Waals surface area contributed by atoms with Crippen molar-refractivity contribution in [2.24, 2.45) is 5.16 Å². The highest BCUT2D eigenvalue weighted by molar-refractivity contribution is 6.07. The molecule has 0 fully saturated rings. The van der Waals surface area contributed by atoms with Crippen LogP contribution in [0.2, 0.25) is 0 Å². The minimum absolute atomic E-state index is 0.118. The molecule has 1 aliphatic rings. The first-order chi connectivity index (χ1) is 9.19. The lowest BCUT2D eigenvalue weighted by Crippen LogP contribution is -2.04. The van der Waals surface area contributed by atoms with Crippen molar-refractivity contribution in [3.05, 3.63) is 47.5 Å². The first-order valence-corrected chi connectivity index (χ1v) is 5.72. The normalized spacial score (nSPS) is 15.3. The number of hydrogen-bond donors (Lipinski definition) is 3. The topological polar surface area (TPSA) is 82.3 Å². The fourth-order valence-electron chi connectivity index (χ4n) is 2.18. The highest BCUT2D eigenvalue weighted by Crippen LogP contribution is 2.40. The van der Waals surface area contributed by atoms with Crippen molar-refractivity contribution in [3.8, 4) is 23.0 Å².